The van der Waals surface area contributed by atoms with Crippen molar-refractivity contribution in [1.82, 2.24) is 0 Å². The second-order valence-electron chi connectivity index (χ2n) is 2.55. The lowest BCUT2D eigenvalue weighted by Crippen LogP contribution is -1.98. The van der Waals surface area contributed by atoms with Gasteiger partial charge in [0.2, 0.25) is 0 Å². The van der Waals surface area contributed by atoms with Crippen molar-refractivity contribution in [2.45, 2.75) is 6.92 Å². The Morgan fingerprint density at radius 1 is 1.50 bits per heavy atom. The number of carbonyl (C=O) groups excluding carboxylic acids is 1. The standard InChI is InChI=1S/C10H11ClO3/c1-3-14-10-7(6-12)4-5-8(13-2)9(10)11/h4-6H,3H2,1-2H3. The summed E-state index contributed by atoms with van der Waals surface area (Å²) in [6, 6.07) is 3.25. The van der Waals surface area contributed by atoms with Crippen LogP contribution in [0.2, 0.25) is 5.02 Å². The molecule has 0 amide bonds. The Morgan fingerprint density at radius 2 is 2.21 bits per heavy atom. The van der Waals surface area contributed by atoms with Gasteiger partial charge in [0, 0.05) is 0 Å². The van der Waals surface area contributed by atoms with Crippen LogP contribution in [0.15, 0.2) is 12.1 Å². The first-order chi connectivity index (χ1) is 6.74. The SMILES string of the molecule is CCOc1c(C=O)ccc(OC)c1Cl. The number of hydrogen-bond donors (Lipinski definition) is 0. The van der Waals surface area contributed by atoms with E-state index in [9.17, 15) is 4.79 Å². The van der Waals surface area contributed by atoms with Gasteiger partial charge in [-0.1, -0.05) is 11.6 Å². The molecule has 0 N–H and O–H groups in total. The molecule has 1 aromatic rings. The van der Waals surface area contributed by atoms with E-state index in [1.165, 1.54) is 7.11 Å². The average molecular weight is 215 g/mol. The third kappa shape index (κ3) is 1.99. The Labute approximate surface area is 87.6 Å². The molecular formula is C10H11ClO3. The quantitative estimate of drug-likeness (QED) is 0.723. The van der Waals surface area contributed by atoms with Crippen LogP contribution in [0.25, 0.3) is 0 Å². The highest BCUT2D eigenvalue weighted by Crippen LogP contribution is 2.36. The number of benzene rings is 1. The lowest BCUT2D eigenvalue weighted by molar-refractivity contribution is 0.112. The van der Waals surface area contributed by atoms with Gasteiger partial charge in [-0.05, 0) is 19.1 Å². The van der Waals surface area contributed by atoms with Crippen molar-refractivity contribution in [2.75, 3.05) is 13.7 Å². The van der Waals surface area contributed by atoms with Crippen molar-refractivity contribution in [1.29, 1.82) is 0 Å². The van der Waals surface area contributed by atoms with Gasteiger partial charge >= 0.3 is 0 Å². The molecule has 0 aliphatic rings. The fourth-order valence-corrected chi connectivity index (χ4v) is 1.40. The summed E-state index contributed by atoms with van der Waals surface area (Å²) < 4.78 is 10.3. The van der Waals surface area contributed by atoms with E-state index in [1.54, 1.807) is 12.1 Å². The molecule has 0 fully saturated rings. The van der Waals surface area contributed by atoms with Gasteiger partial charge in [-0.2, -0.15) is 0 Å². The van der Waals surface area contributed by atoms with Crippen molar-refractivity contribution >= 4 is 17.9 Å². The van der Waals surface area contributed by atoms with E-state index in [-0.39, 0.29) is 0 Å². The third-order valence-corrected chi connectivity index (χ3v) is 2.09. The van der Waals surface area contributed by atoms with E-state index in [1.807, 2.05) is 6.92 Å². The fraction of sp³-hybridized carbons (Fsp3) is 0.300. The molecule has 0 saturated carbocycles. The normalized spacial score (nSPS) is 9.64. The van der Waals surface area contributed by atoms with Gasteiger partial charge in [-0.15, -0.1) is 0 Å². The van der Waals surface area contributed by atoms with Crippen LogP contribution in [0.1, 0.15) is 17.3 Å². The molecule has 0 aliphatic heterocycles. The van der Waals surface area contributed by atoms with Crippen LogP contribution >= 0.6 is 11.6 Å². The summed E-state index contributed by atoms with van der Waals surface area (Å²) in [4.78, 5) is 10.7. The first-order valence-electron chi connectivity index (χ1n) is 4.19. The molecular weight excluding hydrogens is 204 g/mol. The minimum Gasteiger partial charge on any atom is -0.495 e. The van der Waals surface area contributed by atoms with Gasteiger partial charge in [0.15, 0.2) is 12.0 Å². The van der Waals surface area contributed by atoms with Crippen LogP contribution in [0, 0.1) is 0 Å². The molecule has 0 unspecified atom stereocenters. The molecule has 0 spiro atoms. The van der Waals surface area contributed by atoms with Crippen molar-refractivity contribution in [3.63, 3.8) is 0 Å². The topological polar surface area (TPSA) is 35.5 Å². The zero-order valence-corrected chi connectivity index (χ0v) is 8.80. The van der Waals surface area contributed by atoms with Gasteiger partial charge in [0.1, 0.15) is 10.8 Å². The Morgan fingerprint density at radius 3 is 2.71 bits per heavy atom. The zero-order chi connectivity index (χ0) is 10.6. The Kier molecular flexibility index (Phi) is 3.77. The summed E-state index contributed by atoms with van der Waals surface area (Å²) >= 11 is 5.96. The van der Waals surface area contributed by atoms with Crippen LogP contribution in [0.3, 0.4) is 0 Å². The van der Waals surface area contributed by atoms with E-state index in [4.69, 9.17) is 21.1 Å². The maximum Gasteiger partial charge on any atom is 0.153 e. The highest BCUT2D eigenvalue weighted by molar-refractivity contribution is 6.34. The number of hydrogen-bond acceptors (Lipinski definition) is 3. The van der Waals surface area contributed by atoms with Crippen LogP contribution < -0.4 is 9.47 Å². The van der Waals surface area contributed by atoms with Crippen LogP contribution in [0.4, 0.5) is 0 Å². The summed E-state index contributed by atoms with van der Waals surface area (Å²) in [5.74, 6) is 0.879. The molecule has 1 rings (SSSR count). The highest BCUT2D eigenvalue weighted by Gasteiger charge is 2.12. The van der Waals surface area contributed by atoms with Crippen molar-refractivity contribution < 1.29 is 14.3 Å². The minimum atomic E-state index is 0.332. The Bertz CT molecular complexity index is 336. The number of methoxy groups -OCH3 is 1. The molecule has 0 aliphatic carbocycles. The second kappa shape index (κ2) is 4.86. The average Bonchev–Trinajstić information content (AvgIpc) is 2.21. The van der Waals surface area contributed by atoms with E-state index in [0.29, 0.717) is 35.0 Å². The molecule has 0 bridgehead atoms. The van der Waals surface area contributed by atoms with Crippen LogP contribution in [-0.2, 0) is 0 Å². The van der Waals surface area contributed by atoms with Crippen LogP contribution in [-0.4, -0.2) is 20.0 Å². The van der Waals surface area contributed by atoms with E-state index in [2.05, 4.69) is 0 Å². The zero-order valence-electron chi connectivity index (χ0n) is 8.04. The third-order valence-electron chi connectivity index (χ3n) is 1.73. The molecule has 0 heterocycles. The second-order valence-corrected chi connectivity index (χ2v) is 2.93. The van der Waals surface area contributed by atoms with Gasteiger partial charge in [-0.25, -0.2) is 0 Å². The summed E-state index contributed by atoms with van der Waals surface area (Å²) in [6.45, 7) is 2.28. The number of aldehydes is 1. The number of ether oxygens (including phenoxy) is 2. The predicted octanol–water partition coefficient (Wildman–Crippen LogP) is 2.56. The summed E-state index contributed by atoms with van der Waals surface area (Å²) in [5, 5.41) is 0.332. The maximum atomic E-state index is 10.7. The van der Waals surface area contributed by atoms with Gasteiger partial charge < -0.3 is 9.47 Å². The molecule has 0 saturated heterocycles. The summed E-state index contributed by atoms with van der Waals surface area (Å²) in [5.41, 5.74) is 0.428. The molecule has 1 aromatic carbocycles. The molecule has 4 heteroatoms. The number of carbonyl (C=O) groups is 1. The minimum absolute atomic E-state index is 0.332. The van der Waals surface area contributed by atoms with E-state index in [0.717, 1.165) is 0 Å². The monoisotopic (exact) mass is 214 g/mol. The van der Waals surface area contributed by atoms with Crippen molar-refractivity contribution in [2.24, 2.45) is 0 Å². The van der Waals surface area contributed by atoms with Crippen LogP contribution in [0.5, 0.6) is 11.5 Å². The fourth-order valence-electron chi connectivity index (χ4n) is 1.09. The number of halogens is 1. The molecule has 0 radical (unpaired) electrons. The Balaban J connectivity index is 3.23. The first-order valence-corrected chi connectivity index (χ1v) is 4.56. The summed E-state index contributed by atoms with van der Waals surface area (Å²) in [6.07, 6.45) is 0.705. The lowest BCUT2D eigenvalue weighted by Gasteiger charge is -2.10. The predicted molar refractivity (Wildman–Crippen MR) is 54.6 cm³/mol. The molecule has 76 valence electrons. The highest BCUT2D eigenvalue weighted by atomic mass is 35.5. The largest absolute Gasteiger partial charge is 0.495 e. The molecule has 0 aromatic heterocycles. The van der Waals surface area contributed by atoms with Gasteiger partial charge in [0.25, 0.3) is 0 Å². The van der Waals surface area contributed by atoms with Crippen molar-refractivity contribution in [3.8, 4) is 11.5 Å². The molecule has 14 heavy (non-hydrogen) atoms. The first kappa shape index (κ1) is 10.9. The molecule has 0 atom stereocenters. The van der Waals surface area contributed by atoms with E-state index >= 15 is 0 Å². The lowest BCUT2D eigenvalue weighted by atomic mass is 10.2. The smallest absolute Gasteiger partial charge is 0.153 e. The Hall–Kier alpha value is -1.22. The molecule has 3 nitrogen and oxygen atoms in total. The summed E-state index contributed by atoms with van der Waals surface area (Å²) in [7, 11) is 1.51. The van der Waals surface area contributed by atoms with Gasteiger partial charge in [-0.3, -0.25) is 4.79 Å². The number of rotatable bonds is 4. The van der Waals surface area contributed by atoms with E-state index < -0.39 is 0 Å². The van der Waals surface area contributed by atoms with Gasteiger partial charge in [0.05, 0.1) is 19.3 Å². The van der Waals surface area contributed by atoms with Crippen molar-refractivity contribution in [3.05, 3.63) is 22.7 Å². The maximum absolute atomic E-state index is 10.7.